The number of para-hydroxylation sites is 1. The molecule has 1 amide bonds. The van der Waals surface area contributed by atoms with Crippen LogP contribution in [0.25, 0.3) is 5.82 Å². The minimum absolute atomic E-state index is 0.231. The van der Waals surface area contributed by atoms with E-state index in [-0.39, 0.29) is 11.6 Å². The van der Waals surface area contributed by atoms with Gasteiger partial charge < -0.3 is 10.2 Å². The van der Waals surface area contributed by atoms with Crippen molar-refractivity contribution in [2.24, 2.45) is 5.92 Å². The van der Waals surface area contributed by atoms with Crippen LogP contribution in [0.5, 0.6) is 0 Å². The summed E-state index contributed by atoms with van der Waals surface area (Å²) in [6.07, 6.45) is 1.04. The summed E-state index contributed by atoms with van der Waals surface area (Å²) in [5.41, 5.74) is 3.31. The fraction of sp³-hybridized carbons (Fsp3) is 0.318. The van der Waals surface area contributed by atoms with Crippen molar-refractivity contribution in [3.8, 4) is 5.82 Å². The number of hydrogen-bond donors (Lipinski definition) is 1. The molecule has 0 saturated carbocycles. The van der Waals surface area contributed by atoms with Gasteiger partial charge in [-0.25, -0.2) is 9.67 Å². The second kappa shape index (κ2) is 8.25. The number of nitrogens with zero attached hydrogens (tertiary/aromatic N) is 4. The molecule has 150 valence electrons. The maximum absolute atomic E-state index is 12.7. The molecule has 6 nitrogen and oxygen atoms in total. The van der Waals surface area contributed by atoms with Crippen LogP contribution in [-0.2, 0) is 0 Å². The highest BCUT2D eigenvalue weighted by Gasteiger charge is 2.24. The van der Waals surface area contributed by atoms with Gasteiger partial charge in [0.25, 0.3) is 5.91 Å². The average molecular weight is 410 g/mol. The summed E-state index contributed by atoms with van der Waals surface area (Å²) in [5.74, 6) is 0.731. The van der Waals surface area contributed by atoms with E-state index in [2.05, 4.69) is 32.4 Å². The Kier molecular flexibility index (Phi) is 5.53. The van der Waals surface area contributed by atoms with Crippen LogP contribution in [0.3, 0.4) is 0 Å². The molecule has 1 aliphatic rings. The van der Waals surface area contributed by atoms with E-state index >= 15 is 0 Å². The molecule has 3 aromatic rings. The van der Waals surface area contributed by atoms with Gasteiger partial charge in [-0.2, -0.15) is 5.10 Å². The Hall–Kier alpha value is -2.86. The first-order valence-electron chi connectivity index (χ1n) is 9.79. The monoisotopic (exact) mass is 409 g/mol. The number of anilines is 1. The third-order valence-electron chi connectivity index (χ3n) is 5.23. The largest absolute Gasteiger partial charge is 0.371 e. The van der Waals surface area contributed by atoms with Crippen LogP contribution >= 0.6 is 11.6 Å². The van der Waals surface area contributed by atoms with Crippen molar-refractivity contribution in [3.05, 3.63) is 70.6 Å². The van der Waals surface area contributed by atoms with Gasteiger partial charge in [-0.3, -0.25) is 4.79 Å². The molecule has 1 aromatic carbocycles. The highest BCUT2D eigenvalue weighted by atomic mass is 35.5. The van der Waals surface area contributed by atoms with Gasteiger partial charge in [0.15, 0.2) is 5.82 Å². The molecule has 1 saturated heterocycles. The quantitative estimate of drug-likeness (QED) is 0.696. The fourth-order valence-electron chi connectivity index (χ4n) is 3.76. The molecule has 3 heterocycles. The van der Waals surface area contributed by atoms with Crippen molar-refractivity contribution in [1.82, 2.24) is 20.1 Å². The Balaban J connectivity index is 1.41. The number of rotatable bonds is 5. The molecule has 1 unspecified atom stereocenters. The zero-order chi connectivity index (χ0) is 20.4. The van der Waals surface area contributed by atoms with E-state index in [4.69, 9.17) is 11.6 Å². The van der Waals surface area contributed by atoms with Crippen molar-refractivity contribution in [3.63, 3.8) is 0 Å². The van der Waals surface area contributed by atoms with Crippen molar-refractivity contribution in [2.75, 3.05) is 24.5 Å². The fourth-order valence-corrected chi connectivity index (χ4v) is 3.95. The highest BCUT2D eigenvalue weighted by molar-refractivity contribution is 6.33. The van der Waals surface area contributed by atoms with Gasteiger partial charge in [0.1, 0.15) is 5.69 Å². The lowest BCUT2D eigenvalue weighted by atomic mass is 10.1. The maximum Gasteiger partial charge on any atom is 0.271 e. The molecule has 1 N–H and O–H groups in total. The Morgan fingerprint density at radius 2 is 2.00 bits per heavy atom. The van der Waals surface area contributed by atoms with Crippen LogP contribution in [0.4, 0.5) is 5.69 Å². The zero-order valence-corrected chi connectivity index (χ0v) is 17.4. The lowest BCUT2D eigenvalue weighted by molar-refractivity contribution is 0.0943. The third kappa shape index (κ3) is 4.27. The molecule has 0 bridgehead atoms. The number of pyridine rings is 1. The van der Waals surface area contributed by atoms with Crippen LogP contribution in [0.15, 0.2) is 48.5 Å². The number of amides is 1. The van der Waals surface area contributed by atoms with E-state index in [1.165, 1.54) is 5.69 Å². The van der Waals surface area contributed by atoms with Gasteiger partial charge in [-0.05, 0) is 56.5 Å². The van der Waals surface area contributed by atoms with E-state index in [1.807, 2.05) is 38.1 Å². The first-order valence-corrected chi connectivity index (χ1v) is 10.2. The number of hydrogen-bond acceptors (Lipinski definition) is 4. The third-order valence-corrected chi connectivity index (χ3v) is 5.54. The number of aryl methyl sites for hydroxylation is 2. The predicted octanol–water partition coefficient (Wildman–Crippen LogP) is 3.79. The standard InChI is InChI=1S/C22H24ClN5O/c1-15-12-16(2)28(26-15)20-9-8-19(23)21(25-20)22(29)24-13-17-10-11-27(14-17)18-6-4-3-5-7-18/h3-9,12,17H,10-11,13-14H2,1-2H3,(H,24,29). The van der Waals surface area contributed by atoms with Crippen molar-refractivity contribution in [1.29, 1.82) is 0 Å². The van der Waals surface area contributed by atoms with Gasteiger partial charge >= 0.3 is 0 Å². The second-order valence-electron chi connectivity index (χ2n) is 7.49. The van der Waals surface area contributed by atoms with Crippen molar-refractivity contribution >= 4 is 23.2 Å². The molecule has 4 rings (SSSR count). The van der Waals surface area contributed by atoms with Gasteiger partial charge in [0, 0.05) is 31.0 Å². The Labute approximate surface area is 175 Å². The normalized spacial score (nSPS) is 16.2. The van der Waals surface area contributed by atoms with Crippen LogP contribution < -0.4 is 10.2 Å². The van der Waals surface area contributed by atoms with Crippen LogP contribution in [0, 0.1) is 19.8 Å². The lowest BCUT2D eigenvalue weighted by Gasteiger charge is -2.18. The van der Waals surface area contributed by atoms with E-state index in [1.54, 1.807) is 16.8 Å². The molecule has 7 heteroatoms. The number of benzene rings is 1. The van der Waals surface area contributed by atoms with E-state index in [0.29, 0.717) is 23.3 Å². The number of carbonyl (C=O) groups excluding carboxylic acids is 1. The SMILES string of the molecule is Cc1cc(C)n(-c2ccc(Cl)c(C(=O)NCC3CCN(c4ccccc4)C3)n2)n1. The molecule has 0 spiro atoms. The van der Waals surface area contributed by atoms with Gasteiger partial charge in [0.05, 0.1) is 10.7 Å². The van der Waals surface area contributed by atoms with E-state index in [0.717, 1.165) is 30.9 Å². The minimum Gasteiger partial charge on any atom is -0.371 e. The van der Waals surface area contributed by atoms with Gasteiger partial charge in [-0.1, -0.05) is 29.8 Å². The maximum atomic E-state index is 12.7. The summed E-state index contributed by atoms with van der Waals surface area (Å²) >= 11 is 6.26. The number of aromatic nitrogens is 3. The van der Waals surface area contributed by atoms with Gasteiger partial charge in [0.2, 0.25) is 0 Å². The molecule has 1 aliphatic heterocycles. The van der Waals surface area contributed by atoms with Crippen molar-refractivity contribution < 1.29 is 4.79 Å². The first-order chi connectivity index (χ1) is 14.0. The topological polar surface area (TPSA) is 63.1 Å². The first kappa shape index (κ1) is 19.5. The highest BCUT2D eigenvalue weighted by Crippen LogP contribution is 2.23. The minimum atomic E-state index is -0.253. The van der Waals surface area contributed by atoms with E-state index in [9.17, 15) is 4.79 Å². The molecule has 29 heavy (non-hydrogen) atoms. The number of halogens is 1. The predicted molar refractivity (Wildman–Crippen MR) is 115 cm³/mol. The summed E-state index contributed by atoms with van der Waals surface area (Å²) in [5, 5.41) is 7.78. The zero-order valence-electron chi connectivity index (χ0n) is 16.6. The molecule has 0 aliphatic carbocycles. The number of carbonyl (C=O) groups is 1. The summed E-state index contributed by atoms with van der Waals surface area (Å²) < 4.78 is 1.72. The second-order valence-corrected chi connectivity index (χ2v) is 7.89. The average Bonchev–Trinajstić information content (AvgIpc) is 3.33. The van der Waals surface area contributed by atoms with E-state index < -0.39 is 0 Å². The number of nitrogens with one attached hydrogen (secondary N) is 1. The summed E-state index contributed by atoms with van der Waals surface area (Å²) in [6.45, 7) is 6.40. The molecule has 1 atom stereocenters. The van der Waals surface area contributed by atoms with Gasteiger partial charge in [-0.15, -0.1) is 0 Å². The van der Waals surface area contributed by atoms with Crippen LogP contribution in [-0.4, -0.2) is 40.3 Å². The molecular formula is C22H24ClN5O. The summed E-state index contributed by atoms with van der Waals surface area (Å²) in [4.78, 5) is 19.6. The van der Waals surface area contributed by atoms with Crippen molar-refractivity contribution in [2.45, 2.75) is 20.3 Å². The smallest absolute Gasteiger partial charge is 0.271 e. The van der Waals surface area contributed by atoms with Crippen LogP contribution in [0.1, 0.15) is 28.3 Å². The molecular weight excluding hydrogens is 386 g/mol. The molecule has 0 radical (unpaired) electrons. The summed E-state index contributed by atoms with van der Waals surface area (Å²) in [6, 6.07) is 15.8. The Morgan fingerprint density at radius 3 is 2.72 bits per heavy atom. The molecule has 1 fully saturated rings. The summed E-state index contributed by atoms with van der Waals surface area (Å²) in [7, 11) is 0. The Morgan fingerprint density at radius 1 is 1.21 bits per heavy atom. The lowest BCUT2D eigenvalue weighted by Crippen LogP contribution is -2.32. The molecule has 2 aromatic heterocycles. The van der Waals surface area contributed by atoms with Crippen LogP contribution in [0.2, 0.25) is 5.02 Å². The Bertz CT molecular complexity index is 1020.